The number of rotatable bonds is 9. The Bertz CT molecular complexity index is 1020. The second-order valence-corrected chi connectivity index (χ2v) is 8.21. The normalized spacial score (nSPS) is 13.8. The predicted molar refractivity (Wildman–Crippen MR) is 116 cm³/mol. The van der Waals surface area contributed by atoms with Crippen LogP contribution in [0.3, 0.4) is 0 Å². The molecule has 0 amide bonds. The molecule has 3 rings (SSSR count). The molecule has 3 aromatic rings. The minimum atomic E-state index is -4.22. The van der Waals surface area contributed by atoms with Gasteiger partial charge in [-0.2, -0.15) is 10.2 Å². The molecule has 0 aliphatic carbocycles. The Hall–Kier alpha value is -1.99. The number of anilines is 1. The zero-order valence-corrected chi connectivity index (χ0v) is 20.7. The van der Waals surface area contributed by atoms with Crippen molar-refractivity contribution < 1.29 is 48.3 Å². The SMILES string of the molecule is CCOP(=O)([O-])C(Nc1ccc(N=Nc2ccccc2)cc1)c1ccc(OC)cc1.[Na+]. The molecule has 0 fully saturated rings. The molecule has 3 aromatic carbocycles. The molecule has 31 heavy (non-hydrogen) atoms. The standard InChI is InChI=1S/C22H24N3O4P.Na/c1-3-29-30(26,27)22(17-9-15-21(28-2)16-10-17)23-18-11-13-20(14-12-18)25-24-19-7-5-4-6-8-19;/h4-16,22-23H,3H2,1-2H3,(H,26,27);/q;+1/p-1. The number of nitrogens with one attached hydrogen (secondary N) is 1. The van der Waals surface area contributed by atoms with Gasteiger partial charge in [-0.25, -0.2) is 0 Å². The van der Waals surface area contributed by atoms with Gasteiger partial charge in [0.25, 0.3) is 0 Å². The molecule has 2 unspecified atom stereocenters. The Kier molecular flexibility index (Phi) is 9.91. The number of nitrogens with zero attached hydrogens (tertiary/aromatic N) is 2. The van der Waals surface area contributed by atoms with Crippen molar-refractivity contribution in [3.05, 3.63) is 84.4 Å². The van der Waals surface area contributed by atoms with Gasteiger partial charge in [0.15, 0.2) is 7.60 Å². The Morgan fingerprint density at radius 2 is 1.52 bits per heavy atom. The van der Waals surface area contributed by atoms with E-state index in [1.807, 2.05) is 30.3 Å². The molecular weight excluding hydrogens is 424 g/mol. The van der Waals surface area contributed by atoms with Gasteiger partial charge >= 0.3 is 29.6 Å². The Labute approximate surface area is 204 Å². The molecule has 0 spiro atoms. The summed E-state index contributed by atoms with van der Waals surface area (Å²) in [7, 11) is -2.67. The van der Waals surface area contributed by atoms with E-state index in [1.165, 1.54) is 0 Å². The van der Waals surface area contributed by atoms with Crippen LogP contribution in [0.5, 0.6) is 5.75 Å². The van der Waals surface area contributed by atoms with Crippen molar-refractivity contribution in [2.75, 3.05) is 19.0 Å². The molecule has 0 aliphatic rings. The zero-order chi connectivity index (χ0) is 21.4. The maximum atomic E-state index is 12.7. The fourth-order valence-corrected chi connectivity index (χ4v) is 4.13. The van der Waals surface area contributed by atoms with E-state index in [2.05, 4.69) is 15.5 Å². The number of hydrogen-bond donors (Lipinski definition) is 1. The van der Waals surface area contributed by atoms with Crippen molar-refractivity contribution in [2.24, 2.45) is 10.2 Å². The Morgan fingerprint density at radius 1 is 0.935 bits per heavy atom. The second-order valence-electron chi connectivity index (χ2n) is 6.36. The van der Waals surface area contributed by atoms with E-state index < -0.39 is 13.4 Å². The van der Waals surface area contributed by atoms with Crippen molar-refractivity contribution in [3.63, 3.8) is 0 Å². The molecule has 0 aliphatic heterocycles. The summed E-state index contributed by atoms with van der Waals surface area (Å²) in [5.41, 5.74) is 2.57. The minimum Gasteiger partial charge on any atom is -0.777 e. The first-order chi connectivity index (χ1) is 14.5. The molecule has 0 heterocycles. The average molecular weight is 447 g/mol. The van der Waals surface area contributed by atoms with Gasteiger partial charge in [0.05, 0.1) is 25.1 Å². The third-order valence-corrected chi connectivity index (χ3v) is 5.94. The maximum absolute atomic E-state index is 12.7. The van der Waals surface area contributed by atoms with Crippen molar-refractivity contribution in [2.45, 2.75) is 12.7 Å². The molecule has 2 atom stereocenters. The predicted octanol–water partition coefficient (Wildman–Crippen LogP) is 2.82. The summed E-state index contributed by atoms with van der Waals surface area (Å²) in [4.78, 5) is 12.7. The van der Waals surface area contributed by atoms with Crippen molar-refractivity contribution in [1.82, 2.24) is 0 Å². The first-order valence-corrected chi connectivity index (χ1v) is 11.1. The van der Waals surface area contributed by atoms with E-state index in [0.29, 0.717) is 22.7 Å². The van der Waals surface area contributed by atoms with Crippen LogP contribution in [0.15, 0.2) is 89.1 Å². The minimum absolute atomic E-state index is 0. The number of azo groups is 1. The molecule has 0 aromatic heterocycles. The summed E-state index contributed by atoms with van der Waals surface area (Å²) < 4.78 is 22.9. The number of methoxy groups -OCH3 is 1. The largest absolute Gasteiger partial charge is 1.00 e. The third-order valence-electron chi connectivity index (χ3n) is 4.26. The number of hydrogen-bond acceptors (Lipinski definition) is 7. The van der Waals surface area contributed by atoms with E-state index >= 15 is 0 Å². The van der Waals surface area contributed by atoms with Gasteiger partial charge in [-0.1, -0.05) is 30.3 Å². The van der Waals surface area contributed by atoms with Gasteiger partial charge in [-0.15, -0.1) is 0 Å². The first-order valence-electron chi connectivity index (χ1n) is 9.44. The van der Waals surface area contributed by atoms with Crippen molar-refractivity contribution >= 4 is 24.7 Å². The molecule has 0 radical (unpaired) electrons. The van der Waals surface area contributed by atoms with E-state index in [0.717, 1.165) is 5.69 Å². The summed E-state index contributed by atoms with van der Waals surface area (Å²) in [5.74, 6) is -0.400. The Balaban J connectivity index is 0.00000341. The van der Waals surface area contributed by atoms with Crippen LogP contribution in [-0.2, 0) is 9.09 Å². The molecule has 7 nitrogen and oxygen atoms in total. The molecule has 0 bridgehead atoms. The summed E-state index contributed by atoms with van der Waals surface area (Å²) in [6.45, 7) is 1.70. The number of ether oxygens (including phenoxy) is 1. The second kappa shape index (κ2) is 12.2. The number of benzene rings is 3. The van der Waals surface area contributed by atoms with E-state index in [1.54, 1.807) is 62.6 Å². The monoisotopic (exact) mass is 447 g/mol. The van der Waals surface area contributed by atoms with Crippen LogP contribution in [0.4, 0.5) is 17.1 Å². The van der Waals surface area contributed by atoms with Crippen LogP contribution in [0.1, 0.15) is 18.3 Å². The summed E-state index contributed by atoms with van der Waals surface area (Å²) in [5, 5.41) is 11.4. The Morgan fingerprint density at radius 3 is 2.06 bits per heavy atom. The first kappa shape index (κ1) is 25.3. The average Bonchev–Trinajstić information content (AvgIpc) is 2.77. The van der Waals surface area contributed by atoms with Gasteiger partial charge in [0, 0.05) is 5.69 Å². The molecule has 156 valence electrons. The molecule has 0 saturated heterocycles. The third kappa shape index (κ3) is 7.28. The van der Waals surface area contributed by atoms with Crippen molar-refractivity contribution in [1.29, 1.82) is 0 Å². The van der Waals surface area contributed by atoms with Crippen LogP contribution in [0.2, 0.25) is 0 Å². The summed E-state index contributed by atoms with van der Waals surface area (Å²) >= 11 is 0. The smallest absolute Gasteiger partial charge is 0.777 e. The summed E-state index contributed by atoms with van der Waals surface area (Å²) in [6.07, 6.45) is 0. The van der Waals surface area contributed by atoms with E-state index in [9.17, 15) is 9.46 Å². The van der Waals surface area contributed by atoms with Gasteiger partial charge in [0.2, 0.25) is 0 Å². The molecule has 9 heteroatoms. The quantitative estimate of drug-likeness (QED) is 0.309. The molecule has 0 saturated carbocycles. The van der Waals surface area contributed by atoms with Crippen LogP contribution in [-0.4, -0.2) is 13.7 Å². The van der Waals surface area contributed by atoms with E-state index in [-0.39, 0.29) is 36.2 Å². The molecular formula is C22H23N3NaO4P. The molecule has 1 N–H and O–H groups in total. The van der Waals surface area contributed by atoms with Gasteiger partial charge in [-0.05, 0) is 61.0 Å². The van der Waals surface area contributed by atoms with Crippen molar-refractivity contribution in [3.8, 4) is 5.75 Å². The van der Waals surface area contributed by atoms with Gasteiger partial charge in [0.1, 0.15) is 11.5 Å². The fourth-order valence-electron chi connectivity index (χ4n) is 2.78. The van der Waals surface area contributed by atoms with Crippen LogP contribution in [0.25, 0.3) is 0 Å². The van der Waals surface area contributed by atoms with Crippen LogP contribution >= 0.6 is 7.60 Å². The van der Waals surface area contributed by atoms with E-state index in [4.69, 9.17) is 9.26 Å². The summed E-state index contributed by atoms with van der Waals surface area (Å²) in [6, 6.07) is 23.3. The zero-order valence-electron chi connectivity index (χ0n) is 17.8. The van der Waals surface area contributed by atoms with Gasteiger partial charge in [-0.3, -0.25) is 0 Å². The van der Waals surface area contributed by atoms with Gasteiger partial charge < -0.3 is 24.0 Å². The van der Waals surface area contributed by atoms with Crippen LogP contribution in [0, 0.1) is 0 Å². The fraction of sp³-hybridized carbons (Fsp3) is 0.182. The topological polar surface area (TPSA) is 95.3 Å². The maximum Gasteiger partial charge on any atom is 1.00 e. The van der Waals surface area contributed by atoms with Crippen LogP contribution < -0.4 is 44.5 Å².